The maximum absolute atomic E-state index is 10.9. The van der Waals surface area contributed by atoms with Crippen molar-refractivity contribution in [2.45, 2.75) is 59.9 Å². The second-order valence-corrected chi connectivity index (χ2v) is 6.70. The van der Waals surface area contributed by atoms with E-state index in [9.17, 15) is 9.59 Å². The average molecular weight is 381 g/mol. The minimum absolute atomic E-state index is 0.0651. The van der Waals surface area contributed by atoms with Gasteiger partial charge in [0.1, 0.15) is 6.61 Å². The van der Waals surface area contributed by atoms with Gasteiger partial charge in [-0.1, -0.05) is 33.1 Å². The van der Waals surface area contributed by atoms with Crippen molar-refractivity contribution in [2.24, 2.45) is 0 Å². The topological polar surface area (TPSA) is 88.4 Å². The van der Waals surface area contributed by atoms with Crippen molar-refractivity contribution >= 4 is 11.9 Å². The van der Waals surface area contributed by atoms with Gasteiger partial charge in [0, 0.05) is 29.3 Å². The molecule has 0 aromatic heterocycles. The molecule has 0 aliphatic rings. The molecule has 27 heavy (non-hydrogen) atoms. The Kier molecular flexibility index (Phi) is 20.0. The normalized spacial score (nSPS) is 9.22. The highest BCUT2D eigenvalue weighted by atomic mass is 16.5. The van der Waals surface area contributed by atoms with Crippen molar-refractivity contribution in [3.05, 3.63) is 37.0 Å². The molecule has 1 N–H and O–H groups in total. The molecule has 0 bridgehead atoms. The maximum Gasteiger partial charge on any atom is 0.333 e. The Morgan fingerprint density at radius 1 is 1.07 bits per heavy atom. The van der Waals surface area contributed by atoms with Gasteiger partial charge < -0.3 is 14.8 Å². The standard InChI is InChI=1S/C10H19NO2.C8H14O2.C3H3N/c1-8(2)9(12)13-7-6-11-10(3,4)5;1-4-5-6-10-8(9)7(2)3;1-2-3-4/h11H,1,6-7H2,2-5H3;2,4-6H2,1,3H3;2H,1H2. The van der Waals surface area contributed by atoms with E-state index < -0.39 is 0 Å². The second kappa shape index (κ2) is 18.4. The van der Waals surface area contributed by atoms with Gasteiger partial charge in [0.25, 0.3) is 0 Å². The molecule has 154 valence electrons. The summed E-state index contributed by atoms with van der Waals surface area (Å²) in [6.45, 7) is 23.2. The van der Waals surface area contributed by atoms with Gasteiger partial charge in [-0.15, -0.1) is 0 Å². The summed E-state index contributed by atoms with van der Waals surface area (Å²) in [5.74, 6) is -0.607. The first-order valence-electron chi connectivity index (χ1n) is 8.83. The highest BCUT2D eigenvalue weighted by Gasteiger charge is 2.08. The van der Waals surface area contributed by atoms with Crippen molar-refractivity contribution in [1.82, 2.24) is 5.32 Å². The Bertz CT molecular complexity index is 511. The smallest absolute Gasteiger partial charge is 0.333 e. The fourth-order valence-corrected chi connectivity index (χ4v) is 1.13. The third kappa shape index (κ3) is 28.7. The summed E-state index contributed by atoms with van der Waals surface area (Å²) in [4.78, 5) is 21.6. The summed E-state index contributed by atoms with van der Waals surface area (Å²) in [5.41, 5.74) is 0.974. The van der Waals surface area contributed by atoms with E-state index in [1.807, 2.05) is 0 Å². The first-order valence-corrected chi connectivity index (χ1v) is 8.83. The van der Waals surface area contributed by atoms with Gasteiger partial charge in [0.05, 0.1) is 12.7 Å². The molecule has 6 heteroatoms. The first-order chi connectivity index (χ1) is 12.4. The number of ether oxygens (including phenoxy) is 2. The van der Waals surface area contributed by atoms with Crippen LogP contribution in [0.1, 0.15) is 54.4 Å². The molecule has 0 unspecified atom stereocenters. The van der Waals surface area contributed by atoms with E-state index in [-0.39, 0.29) is 17.5 Å². The lowest BCUT2D eigenvalue weighted by Crippen LogP contribution is -2.38. The van der Waals surface area contributed by atoms with Crippen LogP contribution in [0.2, 0.25) is 0 Å². The van der Waals surface area contributed by atoms with E-state index in [0.717, 1.165) is 12.8 Å². The maximum atomic E-state index is 10.9. The highest BCUT2D eigenvalue weighted by molar-refractivity contribution is 5.87. The zero-order chi connectivity index (χ0) is 21.9. The zero-order valence-corrected chi connectivity index (χ0v) is 17.8. The lowest BCUT2D eigenvalue weighted by molar-refractivity contribution is -0.139. The van der Waals surface area contributed by atoms with Crippen LogP contribution in [0.3, 0.4) is 0 Å². The summed E-state index contributed by atoms with van der Waals surface area (Å²) in [6, 6.07) is 1.69. The SMILES string of the molecule is C=C(C)C(=O)OCCCC.C=C(C)C(=O)OCCNC(C)(C)C.C=CC#N. The predicted molar refractivity (Wildman–Crippen MR) is 110 cm³/mol. The van der Waals surface area contributed by atoms with Crippen LogP contribution in [-0.4, -0.2) is 37.2 Å². The molecular formula is C21H36N2O4. The van der Waals surface area contributed by atoms with E-state index in [0.29, 0.717) is 30.9 Å². The van der Waals surface area contributed by atoms with Crippen LogP contribution in [0.25, 0.3) is 0 Å². The van der Waals surface area contributed by atoms with E-state index in [2.05, 4.69) is 52.7 Å². The summed E-state index contributed by atoms with van der Waals surface area (Å²) in [5, 5.41) is 10.7. The quantitative estimate of drug-likeness (QED) is 0.295. The molecule has 0 atom stereocenters. The van der Waals surface area contributed by atoms with Crippen molar-refractivity contribution < 1.29 is 19.1 Å². The molecule has 0 heterocycles. The van der Waals surface area contributed by atoms with Gasteiger partial charge >= 0.3 is 11.9 Å². The van der Waals surface area contributed by atoms with Crippen molar-refractivity contribution in [2.75, 3.05) is 19.8 Å². The number of rotatable bonds is 8. The van der Waals surface area contributed by atoms with Gasteiger partial charge in [0.2, 0.25) is 0 Å². The molecule has 0 aliphatic carbocycles. The average Bonchev–Trinajstić information content (AvgIpc) is 2.58. The number of esters is 2. The molecule has 0 amide bonds. The summed E-state index contributed by atoms with van der Waals surface area (Å²) in [7, 11) is 0. The van der Waals surface area contributed by atoms with Crippen LogP contribution in [0.5, 0.6) is 0 Å². The lowest BCUT2D eigenvalue weighted by Gasteiger charge is -2.20. The van der Waals surface area contributed by atoms with Gasteiger partial charge in [0.15, 0.2) is 0 Å². The molecule has 0 saturated carbocycles. The Morgan fingerprint density at radius 2 is 1.48 bits per heavy atom. The molecular weight excluding hydrogens is 344 g/mol. The van der Waals surface area contributed by atoms with Crippen LogP contribution < -0.4 is 5.32 Å². The van der Waals surface area contributed by atoms with Crippen LogP contribution in [0.15, 0.2) is 37.0 Å². The number of nitrogens with zero attached hydrogens (tertiary/aromatic N) is 1. The van der Waals surface area contributed by atoms with Gasteiger partial charge in [-0.25, -0.2) is 9.59 Å². The fraction of sp³-hybridized carbons (Fsp3) is 0.571. The minimum atomic E-state index is -0.323. The molecule has 0 fully saturated rings. The molecule has 6 nitrogen and oxygen atoms in total. The fourth-order valence-electron chi connectivity index (χ4n) is 1.13. The monoisotopic (exact) mass is 380 g/mol. The zero-order valence-electron chi connectivity index (χ0n) is 17.8. The van der Waals surface area contributed by atoms with Crippen molar-refractivity contribution in [3.8, 4) is 6.07 Å². The largest absolute Gasteiger partial charge is 0.462 e. The van der Waals surface area contributed by atoms with Crippen molar-refractivity contribution in [3.63, 3.8) is 0 Å². The molecule has 0 radical (unpaired) electrons. The summed E-state index contributed by atoms with van der Waals surface area (Å²) in [6.07, 6.45) is 3.16. The van der Waals surface area contributed by atoms with Gasteiger partial charge in [-0.2, -0.15) is 5.26 Å². The Morgan fingerprint density at radius 3 is 1.78 bits per heavy atom. The predicted octanol–water partition coefficient (Wildman–Crippen LogP) is 4.10. The van der Waals surface area contributed by atoms with Gasteiger partial charge in [-0.3, -0.25) is 0 Å². The number of nitriles is 1. The molecule has 0 rings (SSSR count). The molecule has 0 saturated heterocycles. The van der Waals surface area contributed by atoms with Crippen molar-refractivity contribution in [1.29, 1.82) is 5.26 Å². The summed E-state index contributed by atoms with van der Waals surface area (Å²) < 4.78 is 9.70. The van der Waals surface area contributed by atoms with E-state index in [4.69, 9.17) is 14.7 Å². The Labute approximate surface area is 164 Å². The number of allylic oxidation sites excluding steroid dienone is 1. The number of nitrogens with one attached hydrogen (secondary N) is 1. The Hall–Kier alpha value is -2.39. The Balaban J connectivity index is -0.000000364. The first kappa shape index (κ1) is 29.4. The molecule has 0 aliphatic heterocycles. The number of unbranched alkanes of at least 4 members (excludes halogenated alkanes) is 1. The molecule has 0 spiro atoms. The van der Waals surface area contributed by atoms with Crippen LogP contribution in [0.4, 0.5) is 0 Å². The van der Waals surface area contributed by atoms with E-state index in [1.165, 1.54) is 6.08 Å². The summed E-state index contributed by atoms with van der Waals surface area (Å²) >= 11 is 0. The van der Waals surface area contributed by atoms with E-state index in [1.54, 1.807) is 19.9 Å². The second-order valence-electron chi connectivity index (χ2n) is 6.70. The van der Waals surface area contributed by atoms with Crippen LogP contribution in [0, 0.1) is 11.3 Å². The number of hydrogen-bond donors (Lipinski definition) is 1. The highest BCUT2D eigenvalue weighted by Crippen LogP contribution is 1.97. The molecule has 0 aromatic carbocycles. The molecule has 0 aromatic rings. The van der Waals surface area contributed by atoms with Gasteiger partial charge in [-0.05, 0) is 41.0 Å². The third-order valence-electron chi connectivity index (χ3n) is 2.51. The number of carbonyl (C=O) groups is 2. The third-order valence-corrected chi connectivity index (χ3v) is 2.51. The number of carbonyl (C=O) groups excluding carboxylic acids is 2. The van der Waals surface area contributed by atoms with Crippen LogP contribution in [-0.2, 0) is 19.1 Å². The minimum Gasteiger partial charge on any atom is -0.462 e. The number of hydrogen-bond acceptors (Lipinski definition) is 6. The van der Waals surface area contributed by atoms with E-state index >= 15 is 0 Å². The van der Waals surface area contributed by atoms with Crippen LogP contribution >= 0.6 is 0 Å². The lowest BCUT2D eigenvalue weighted by atomic mass is 10.1.